The Kier molecular flexibility index (Phi) is 6.24. The molecule has 2 aliphatic rings. The minimum atomic E-state index is -0.526. The van der Waals surface area contributed by atoms with Gasteiger partial charge in [0.15, 0.2) is 0 Å². The van der Waals surface area contributed by atoms with Crippen LogP contribution in [-0.4, -0.2) is 43.3 Å². The Hall–Kier alpha value is -2.84. The van der Waals surface area contributed by atoms with Crippen molar-refractivity contribution in [3.63, 3.8) is 0 Å². The molecule has 1 heterocycles. The van der Waals surface area contributed by atoms with Gasteiger partial charge < -0.3 is 14.8 Å². The predicted molar refractivity (Wildman–Crippen MR) is 107 cm³/mol. The van der Waals surface area contributed by atoms with Crippen LogP contribution in [0.4, 0.5) is 21.9 Å². The van der Waals surface area contributed by atoms with Crippen LogP contribution in [0, 0.1) is 16.0 Å². The smallest absolute Gasteiger partial charge is 0.414 e. The summed E-state index contributed by atoms with van der Waals surface area (Å²) in [7, 11) is 2.68. The van der Waals surface area contributed by atoms with Crippen LogP contribution in [0.15, 0.2) is 12.1 Å². The van der Waals surface area contributed by atoms with Crippen LogP contribution in [-0.2, 0) is 20.7 Å². The number of amides is 1. The van der Waals surface area contributed by atoms with Crippen molar-refractivity contribution < 1.29 is 24.0 Å². The number of esters is 1. The standard InChI is InChI=1S/C20H27N3O6/c1-12-7-8-15-17(22(12)20(25)29-3)10-9-16(18(15)23(26)27)21-14-6-4-5-13(11-14)19(24)28-2/h9-10,12-14,21H,4-8,11H2,1-3H3/t12?,13-,14-/m1/s1. The molecule has 0 radical (unpaired) electrons. The molecule has 29 heavy (non-hydrogen) atoms. The van der Waals surface area contributed by atoms with E-state index >= 15 is 0 Å². The van der Waals surface area contributed by atoms with E-state index in [1.165, 1.54) is 19.1 Å². The van der Waals surface area contributed by atoms with Gasteiger partial charge in [0.1, 0.15) is 5.69 Å². The molecule has 1 unspecified atom stereocenters. The van der Waals surface area contributed by atoms with Crippen molar-refractivity contribution in [3.8, 4) is 0 Å². The number of nitro benzene ring substituents is 1. The van der Waals surface area contributed by atoms with Crippen molar-refractivity contribution in [1.82, 2.24) is 0 Å². The lowest BCUT2D eigenvalue weighted by atomic mass is 9.85. The third kappa shape index (κ3) is 4.13. The van der Waals surface area contributed by atoms with E-state index in [0.29, 0.717) is 36.2 Å². The molecule has 0 spiro atoms. The molecule has 1 saturated carbocycles. The maximum atomic E-state index is 12.2. The molecule has 0 aromatic heterocycles. The molecule has 1 aromatic rings. The third-order valence-corrected chi connectivity index (χ3v) is 5.89. The van der Waals surface area contributed by atoms with Crippen LogP contribution < -0.4 is 10.2 Å². The van der Waals surface area contributed by atoms with Gasteiger partial charge in [-0.2, -0.15) is 0 Å². The number of carbonyl (C=O) groups is 2. The first-order valence-corrected chi connectivity index (χ1v) is 9.89. The summed E-state index contributed by atoms with van der Waals surface area (Å²) < 4.78 is 9.73. The van der Waals surface area contributed by atoms with Gasteiger partial charge in [-0.1, -0.05) is 6.42 Å². The van der Waals surface area contributed by atoms with Gasteiger partial charge in [0, 0.05) is 12.1 Å². The molecular formula is C20H27N3O6. The van der Waals surface area contributed by atoms with Crippen molar-refractivity contribution in [3.05, 3.63) is 27.8 Å². The Morgan fingerprint density at radius 2 is 1.97 bits per heavy atom. The van der Waals surface area contributed by atoms with Crippen LogP contribution in [0.1, 0.15) is 44.6 Å². The second-order valence-corrected chi connectivity index (χ2v) is 7.67. The molecule has 1 aliphatic heterocycles. The van der Waals surface area contributed by atoms with Crippen molar-refractivity contribution in [2.75, 3.05) is 24.4 Å². The molecular weight excluding hydrogens is 378 g/mol. The van der Waals surface area contributed by atoms with Gasteiger partial charge in [-0.15, -0.1) is 0 Å². The minimum Gasteiger partial charge on any atom is -0.469 e. The zero-order chi connectivity index (χ0) is 21.1. The molecule has 1 fully saturated rings. The van der Waals surface area contributed by atoms with E-state index in [0.717, 1.165) is 19.3 Å². The summed E-state index contributed by atoms with van der Waals surface area (Å²) >= 11 is 0. The molecule has 0 bridgehead atoms. The fourth-order valence-corrected chi connectivity index (χ4v) is 4.44. The average Bonchev–Trinajstić information content (AvgIpc) is 2.72. The first-order valence-electron chi connectivity index (χ1n) is 9.89. The van der Waals surface area contributed by atoms with E-state index in [1.54, 1.807) is 12.1 Å². The minimum absolute atomic E-state index is 0.0107. The highest BCUT2D eigenvalue weighted by molar-refractivity contribution is 5.92. The van der Waals surface area contributed by atoms with Crippen LogP contribution in [0.2, 0.25) is 0 Å². The molecule has 1 amide bonds. The van der Waals surface area contributed by atoms with Gasteiger partial charge in [0.05, 0.1) is 36.3 Å². The Morgan fingerprint density at radius 3 is 2.62 bits per heavy atom. The molecule has 3 rings (SSSR count). The number of benzene rings is 1. The van der Waals surface area contributed by atoms with Crippen LogP contribution in [0.3, 0.4) is 0 Å². The zero-order valence-corrected chi connectivity index (χ0v) is 17.0. The Bertz CT molecular complexity index is 812. The molecule has 1 aromatic carbocycles. The summed E-state index contributed by atoms with van der Waals surface area (Å²) in [6, 6.07) is 3.22. The maximum Gasteiger partial charge on any atom is 0.414 e. The molecule has 3 atom stereocenters. The summed E-state index contributed by atoms with van der Waals surface area (Å²) in [5, 5.41) is 15.2. The number of carbonyl (C=O) groups excluding carboxylic acids is 2. The molecule has 0 saturated heterocycles. The fourth-order valence-electron chi connectivity index (χ4n) is 4.44. The molecule has 158 valence electrons. The highest BCUT2D eigenvalue weighted by atomic mass is 16.6. The number of nitrogens with zero attached hydrogens (tertiary/aromatic N) is 2. The first-order chi connectivity index (χ1) is 13.9. The summed E-state index contributed by atoms with van der Waals surface area (Å²) in [6.45, 7) is 1.90. The third-order valence-electron chi connectivity index (χ3n) is 5.89. The van der Waals surface area contributed by atoms with Crippen LogP contribution in [0.5, 0.6) is 0 Å². The number of ether oxygens (including phenoxy) is 2. The van der Waals surface area contributed by atoms with E-state index in [4.69, 9.17) is 9.47 Å². The quantitative estimate of drug-likeness (QED) is 0.462. The monoisotopic (exact) mass is 405 g/mol. The largest absolute Gasteiger partial charge is 0.469 e. The van der Waals surface area contributed by atoms with E-state index in [1.807, 2.05) is 6.92 Å². The van der Waals surface area contributed by atoms with Gasteiger partial charge in [-0.3, -0.25) is 19.8 Å². The lowest BCUT2D eigenvalue weighted by Crippen LogP contribution is -2.42. The second-order valence-electron chi connectivity index (χ2n) is 7.67. The average molecular weight is 405 g/mol. The van der Waals surface area contributed by atoms with Gasteiger partial charge in [0.2, 0.25) is 0 Å². The van der Waals surface area contributed by atoms with E-state index in [9.17, 15) is 19.7 Å². The number of nitro groups is 1. The van der Waals surface area contributed by atoms with E-state index in [-0.39, 0.29) is 29.7 Å². The first kappa shape index (κ1) is 20.9. The highest BCUT2D eigenvalue weighted by Gasteiger charge is 2.36. The molecule has 9 heteroatoms. The fraction of sp³-hybridized carbons (Fsp3) is 0.600. The Morgan fingerprint density at radius 1 is 1.21 bits per heavy atom. The van der Waals surface area contributed by atoms with Crippen LogP contribution in [0.25, 0.3) is 0 Å². The number of methoxy groups -OCH3 is 2. The highest BCUT2D eigenvalue weighted by Crippen LogP contribution is 2.42. The second kappa shape index (κ2) is 8.67. The predicted octanol–water partition coefficient (Wildman–Crippen LogP) is 3.65. The summed E-state index contributed by atoms with van der Waals surface area (Å²) in [5.41, 5.74) is 1.46. The van der Waals surface area contributed by atoms with Gasteiger partial charge in [-0.25, -0.2) is 4.79 Å². The topological polar surface area (TPSA) is 111 Å². The van der Waals surface area contributed by atoms with Gasteiger partial charge in [-0.05, 0) is 51.2 Å². The molecule has 9 nitrogen and oxygen atoms in total. The van der Waals surface area contributed by atoms with E-state index in [2.05, 4.69) is 5.32 Å². The van der Waals surface area contributed by atoms with Crippen molar-refractivity contribution in [2.45, 2.75) is 57.5 Å². The van der Waals surface area contributed by atoms with Crippen molar-refractivity contribution in [2.24, 2.45) is 5.92 Å². The maximum absolute atomic E-state index is 12.2. The molecule has 1 aliphatic carbocycles. The number of hydrogen-bond acceptors (Lipinski definition) is 7. The lowest BCUT2D eigenvalue weighted by Gasteiger charge is -2.34. The SMILES string of the molecule is COC(=O)[C@@H]1CCC[C@@H](Nc2ccc3c(c2[N+](=O)[O-])CCC(C)N3C(=O)OC)C1. The van der Waals surface area contributed by atoms with Crippen molar-refractivity contribution >= 4 is 29.1 Å². The Labute approximate surface area is 169 Å². The van der Waals surface area contributed by atoms with E-state index < -0.39 is 11.0 Å². The van der Waals surface area contributed by atoms with Gasteiger partial charge in [0.25, 0.3) is 5.69 Å². The molecule has 1 N–H and O–H groups in total. The van der Waals surface area contributed by atoms with Crippen molar-refractivity contribution in [1.29, 1.82) is 0 Å². The Balaban J connectivity index is 1.92. The van der Waals surface area contributed by atoms with Gasteiger partial charge >= 0.3 is 12.1 Å². The summed E-state index contributed by atoms with van der Waals surface area (Å²) in [6.07, 6.45) is 3.61. The zero-order valence-electron chi connectivity index (χ0n) is 17.0. The number of hydrogen-bond donors (Lipinski definition) is 1. The summed E-state index contributed by atoms with van der Waals surface area (Å²) in [4.78, 5) is 37.1. The number of nitrogens with one attached hydrogen (secondary N) is 1. The normalized spacial score (nSPS) is 23.7. The number of fused-ring (bicyclic) bond motifs is 1. The summed E-state index contributed by atoms with van der Waals surface area (Å²) in [5.74, 6) is -0.433. The lowest BCUT2D eigenvalue weighted by molar-refractivity contribution is -0.384. The number of rotatable bonds is 4. The van der Waals surface area contributed by atoms with Crippen LogP contribution >= 0.6 is 0 Å². The number of anilines is 2.